The highest BCUT2D eigenvalue weighted by molar-refractivity contribution is 5.79. The molecule has 0 spiro atoms. The van der Waals surface area contributed by atoms with Crippen LogP contribution in [0.15, 0.2) is 4.99 Å². The van der Waals surface area contributed by atoms with Crippen molar-refractivity contribution in [2.75, 3.05) is 13.6 Å². The molecule has 1 rings (SSSR count). The summed E-state index contributed by atoms with van der Waals surface area (Å²) in [4.78, 5) is 16.5. The average molecular weight is 382 g/mol. The van der Waals surface area contributed by atoms with Crippen molar-refractivity contribution in [3.05, 3.63) is 11.6 Å². The molecular formula is C18H35N7O2. The fraction of sp³-hybridized carbons (Fsp3) is 0.778. The highest BCUT2D eigenvalue weighted by Crippen LogP contribution is 2.16. The Morgan fingerprint density at radius 3 is 2.26 bits per heavy atom. The number of ether oxygens (including phenoxy) is 1. The maximum Gasteiger partial charge on any atom is 0.408 e. The molecule has 154 valence electrons. The van der Waals surface area contributed by atoms with Gasteiger partial charge in [-0.05, 0) is 40.5 Å². The number of carbonyl (C=O) groups is 1. The number of aliphatic imine (C=N–C) groups is 1. The van der Waals surface area contributed by atoms with Gasteiger partial charge in [0.05, 0.1) is 12.1 Å². The molecule has 1 aromatic heterocycles. The maximum absolute atomic E-state index is 12.2. The lowest BCUT2D eigenvalue weighted by molar-refractivity contribution is 0.0448. The average Bonchev–Trinajstić information content (AvgIpc) is 2.91. The lowest BCUT2D eigenvalue weighted by Gasteiger charge is -2.34. The van der Waals surface area contributed by atoms with Gasteiger partial charge in [-0.1, -0.05) is 13.8 Å². The Morgan fingerprint density at radius 1 is 1.19 bits per heavy atom. The van der Waals surface area contributed by atoms with Gasteiger partial charge in [0.15, 0.2) is 11.8 Å². The van der Waals surface area contributed by atoms with Crippen LogP contribution in [0.1, 0.15) is 59.1 Å². The van der Waals surface area contributed by atoms with Crippen LogP contribution in [0.25, 0.3) is 0 Å². The van der Waals surface area contributed by atoms with Crippen molar-refractivity contribution in [1.29, 1.82) is 0 Å². The monoisotopic (exact) mass is 381 g/mol. The molecule has 0 aromatic carbocycles. The van der Waals surface area contributed by atoms with Crippen molar-refractivity contribution < 1.29 is 9.53 Å². The molecule has 0 saturated heterocycles. The van der Waals surface area contributed by atoms with Gasteiger partial charge < -0.3 is 25.3 Å². The number of alkyl carbamates (subject to hydrolysis) is 1. The SMILES string of the molecule is CCC(CC)(CNC(=NC)NCc1nnc(C)n1C)NC(=O)OC(C)(C)C. The van der Waals surface area contributed by atoms with Gasteiger partial charge in [0, 0.05) is 20.6 Å². The smallest absolute Gasteiger partial charge is 0.408 e. The number of hydrogen-bond acceptors (Lipinski definition) is 5. The van der Waals surface area contributed by atoms with E-state index in [1.54, 1.807) is 7.05 Å². The molecule has 27 heavy (non-hydrogen) atoms. The highest BCUT2D eigenvalue weighted by Gasteiger charge is 2.30. The molecule has 0 atom stereocenters. The number of amides is 1. The number of guanidine groups is 1. The molecule has 1 aromatic rings. The lowest BCUT2D eigenvalue weighted by Crippen LogP contribution is -2.57. The zero-order chi connectivity index (χ0) is 20.7. The van der Waals surface area contributed by atoms with Crippen molar-refractivity contribution in [2.24, 2.45) is 12.0 Å². The zero-order valence-corrected chi connectivity index (χ0v) is 17.9. The first-order valence-corrected chi connectivity index (χ1v) is 9.36. The van der Waals surface area contributed by atoms with E-state index < -0.39 is 17.2 Å². The molecule has 0 aliphatic rings. The second-order valence-electron chi connectivity index (χ2n) is 7.62. The Balaban J connectivity index is 2.67. The number of aryl methyl sites for hydroxylation is 1. The van der Waals surface area contributed by atoms with Crippen LogP contribution >= 0.6 is 0 Å². The van der Waals surface area contributed by atoms with Gasteiger partial charge in [-0.3, -0.25) is 4.99 Å². The van der Waals surface area contributed by atoms with Crippen LogP contribution in [0, 0.1) is 6.92 Å². The summed E-state index contributed by atoms with van der Waals surface area (Å²) in [5.74, 6) is 2.31. The largest absolute Gasteiger partial charge is 0.444 e. The van der Waals surface area contributed by atoms with Crippen molar-refractivity contribution in [2.45, 2.75) is 72.1 Å². The predicted molar refractivity (Wildman–Crippen MR) is 107 cm³/mol. The summed E-state index contributed by atoms with van der Waals surface area (Å²) in [6.45, 7) is 12.6. The Morgan fingerprint density at radius 2 is 1.81 bits per heavy atom. The van der Waals surface area contributed by atoms with Gasteiger partial charge in [-0.2, -0.15) is 0 Å². The van der Waals surface area contributed by atoms with Crippen molar-refractivity contribution in [3.63, 3.8) is 0 Å². The second-order valence-corrected chi connectivity index (χ2v) is 7.62. The first-order valence-electron chi connectivity index (χ1n) is 9.36. The molecule has 9 heteroatoms. The summed E-state index contributed by atoms with van der Waals surface area (Å²) in [6, 6.07) is 0. The number of aromatic nitrogens is 3. The summed E-state index contributed by atoms with van der Waals surface area (Å²) >= 11 is 0. The minimum absolute atomic E-state index is 0.412. The van der Waals surface area contributed by atoms with Crippen LogP contribution < -0.4 is 16.0 Å². The summed E-state index contributed by atoms with van der Waals surface area (Å²) in [6.07, 6.45) is 1.11. The number of nitrogens with zero attached hydrogens (tertiary/aromatic N) is 4. The van der Waals surface area contributed by atoms with Crippen molar-refractivity contribution >= 4 is 12.1 Å². The molecule has 9 nitrogen and oxygen atoms in total. The van der Waals surface area contributed by atoms with E-state index in [0.29, 0.717) is 19.0 Å². The number of rotatable bonds is 7. The molecule has 0 saturated carbocycles. The fourth-order valence-corrected chi connectivity index (χ4v) is 2.48. The highest BCUT2D eigenvalue weighted by atomic mass is 16.6. The van der Waals surface area contributed by atoms with Gasteiger partial charge in [-0.25, -0.2) is 4.79 Å². The van der Waals surface area contributed by atoms with Gasteiger partial charge in [-0.15, -0.1) is 10.2 Å². The molecule has 0 aliphatic carbocycles. The van der Waals surface area contributed by atoms with Crippen LogP contribution in [0.5, 0.6) is 0 Å². The second kappa shape index (κ2) is 9.57. The third-order valence-corrected chi connectivity index (χ3v) is 4.53. The quantitative estimate of drug-likeness (QED) is 0.492. The summed E-state index contributed by atoms with van der Waals surface area (Å²) < 4.78 is 7.33. The standard InChI is InChI=1S/C18H35N7O2/c1-9-18(10-2,22-16(26)27-17(4,5)6)12-21-15(19-7)20-11-14-24-23-13(3)25(14)8/h9-12H2,1-8H3,(H,22,26)(H2,19,20,21). The third-order valence-electron chi connectivity index (χ3n) is 4.53. The number of carbonyl (C=O) groups excluding carboxylic acids is 1. The Hall–Kier alpha value is -2.32. The molecule has 0 fully saturated rings. The first-order chi connectivity index (χ1) is 12.6. The molecule has 1 amide bonds. The number of nitrogens with one attached hydrogen (secondary N) is 3. The molecular weight excluding hydrogens is 346 g/mol. The van der Waals surface area contributed by atoms with E-state index in [0.717, 1.165) is 24.5 Å². The maximum atomic E-state index is 12.2. The van der Waals surface area contributed by atoms with Gasteiger partial charge >= 0.3 is 6.09 Å². The summed E-state index contributed by atoms with van der Waals surface area (Å²) in [7, 11) is 3.63. The van der Waals surface area contributed by atoms with E-state index in [9.17, 15) is 4.79 Å². The van der Waals surface area contributed by atoms with E-state index in [1.807, 2.05) is 53.2 Å². The Labute approximate surface area is 162 Å². The normalized spacial score (nSPS) is 12.7. The predicted octanol–water partition coefficient (Wildman–Crippen LogP) is 1.87. The Bertz CT molecular complexity index is 643. The van der Waals surface area contributed by atoms with Crippen LogP contribution in [0.3, 0.4) is 0 Å². The first kappa shape index (κ1) is 22.7. The third kappa shape index (κ3) is 7.07. The van der Waals surface area contributed by atoms with Crippen LogP contribution in [0.4, 0.5) is 4.79 Å². The van der Waals surface area contributed by atoms with Crippen molar-refractivity contribution in [1.82, 2.24) is 30.7 Å². The fourth-order valence-electron chi connectivity index (χ4n) is 2.48. The van der Waals surface area contributed by atoms with E-state index in [4.69, 9.17) is 4.74 Å². The summed E-state index contributed by atoms with van der Waals surface area (Å²) in [5, 5.41) is 17.7. The molecule has 0 unspecified atom stereocenters. The molecule has 3 N–H and O–H groups in total. The van der Waals surface area contributed by atoms with Gasteiger partial charge in [0.2, 0.25) is 0 Å². The van der Waals surface area contributed by atoms with Crippen molar-refractivity contribution in [3.8, 4) is 0 Å². The van der Waals surface area contributed by atoms with E-state index in [2.05, 4.69) is 31.1 Å². The lowest BCUT2D eigenvalue weighted by atomic mass is 9.93. The van der Waals surface area contributed by atoms with Crippen LogP contribution in [-0.4, -0.2) is 51.5 Å². The number of hydrogen-bond donors (Lipinski definition) is 3. The van der Waals surface area contributed by atoms with Gasteiger partial charge in [0.1, 0.15) is 11.4 Å². The zero-order valence-electron chi connectivity index (χ0n) is 17.9. The van der Waals surface area contributed by atoms with E-state index in [-0.39, 0.29) is 0 Å². The van der Waals surface area contributed by atoms with E-state index in [1.165, 1.54) is 0 Å². The Kier molecular flexibility index (Phi) is 8.05. The van der Waals surface area contributed by atoms with Crippen LogP contribution in [0.2, 0.25) is 0 Å². The molecule has 0 radical (unpaired) electrons. The minimum Gasteiger partial charge on any atom is -0.444 e. The summed E-state index contributed by atoms with van der Waals surface area (Å²) in [5.41, 5.74) is -0.960. The molecule has 0 bridgehead atoms. The van der Waals surface area contributed by atoms with Gasteiger partial charge in [0.25, 0.3) is 0 Å². The topological polar surface area (TPSA) is 105 Å². The van der Waals surface area contributed by atoms with E-state index >= 15 is 0 Å². The van der Waals surface area contributed by atoms with Crippen LogP contribution in [-0.2, 0) is 18.3 Å². The minimum atomic E-state index is -0.531. The molecule has 0 aliphatic heterocycles. The molecule has 1 heterocycles.